The largest absolute Gasteiger partial charge is 0.492 e. The number of ether oxygens (including phenoxy) is 2. The predicted octanol–water partition coefficient (Wildman–Crippen LogP) is 5.05. The molecule has 2 aliphatic heterocycles. The van der Waals surface area contributed by atoms with E-state index in [1.54, 1.807) is 24.3 Å². The molecule has 0 saturated carbocycles. The second kappa shape index (κ2) is 12.4. The molecular formula is C25H24Cl2N2O5S2. The van der Waals surface area contributed by atoms with Crippen LogP contribution in [0.3, 0.4) is 0 Å². The molecule has 2 saturated heterocycles. The number of morpholine rings is 1. The second-order valence-corrected chi connectivity index (χ2v) is 10.7. The van der Waals surface area contributed by atoms with E-state index in [4.69, 9.17) is 50.0 Å². The summed E-state index contributed by atoms with van der Waals surface area (Å²) in [5.74, 6) is -0.701. The van der Waals surface area contributed by atoms with E-state index in [0.717, 1.165) is 42.5 Å². The maximum atomic E-state index is 13.0. The van der Waals surface area contributed by atoms with Crippen molar-refractivity contribution >= 4 is 69.5 Å². The number of amides is 1. The van der Waals surface area contributed by atoms with Gasteiger partial charge in [0.1, 0.15) is 16.7 Å². The third-order valence-corrected chi connectivity index (χ3v) is 7.67. The van der Waals surface area contributed by atoms with Gasteiger partial charge in [0.25, 0.3) is 5.91 Å². The highest BCUT2D eigenvalue weighted by atomic mass is 35.5. The van der Waals surface area contributed by atoms with Gasteiger partial charge in [0.05, 0.1) is 24.5 Å². The summed E-state index contributed by atoms with van der Waals surface area (Å²) < 4.78 is 11.9. The van der Waals surface area contributed by atoms with Crippen molar-refractivity contribution < 1.29 is 24.2 Å². The van der Waals surface area contributed by atoms with Crippen LogP contribution >= 0.6 is 47.2 Å². The highest BCUT2D eigenvalue weighted by Gasteiger charge is 2.32. The smallest absolute Gasteiger partial charge is 0.305 e. The number of halogens is 2. The number of thioether (sulfide) groups is 1. The van der Waals surface area contributed by atoms with Crippen LogP contribution in [0.1, 0.15) is 12.0 Å². The summed E-state index contributed by atoms with van der Waals surface area (Å²) >= 11 is 19.1. The summed E-state index contributed by atoms with van der Waals surface area (Å²) in [6, 6.07) is 10.9. The van der Waals surface area contributed by atoms with Gasteiger partial charge in [-0.1, -0.05) is 53.2 Å². The van der Waals surface area contributed by atoms with Crippen LogP contribution in [-0.2, 0) is 14.3 Å². The van der Waals surface area contributed by atoms with Crippen molar-refractivity contribution in [3.05, 3.63) is 56.9 Å². The van der Waals surface area contributed by atoms with Gasteiger partial charge >= 0.3 is 5.97 Å². The van der Waals surface area contributed by atoms with Crippen molar-refractivity contribution in [1.29, 1.82) is 0 Å². The van der Waals surface area contributed by atoms with Crippen LogP contribution in [0.4, 0.5) is 0 Å². The molecule has 190 valence electrons. The fourth-order valence-electron chi connectivity index (χ4n) is 3.83. The first-order chi connectivity index (χ1) is 17.3. The summed E-state index contributed by atoms with van der Waals surface area (Å²) in [4.78, 5) is 27.9. The molecule has 2 heterocycles. The lowest BCUT2D eigenvalue weighted by atomic mass is 10.0. The lowest BCUT2D eigenvalue weighted by Crippen LogP contribution is -2.38. The van der Waals surface area contributed by atoms with Crippen LogP contribution in [0, 0.1) is 0 Å². The number of benzene rings is 2. The number of hydrogen-bond donors (Lipinski definition) is 1. The molecule has 2 aromatic rings. The third-order valence-electron chi connectivity index (χ3n) is 5.73. The Morgan fingerprint density at radius 1 is 1.17 bits per heavy atom. The molecule has 2 aliphatic rings. The average Bonchev–Trinajstić information content (AvgIpc) is 3.12. The molecule has 1 amide bonds. The number of carboxylic acid groups (broad SMARTS) is 1. The molecule has 11 heteroatoms. The van der Waals surface area contributed by atoms with Crippen molar-refractivity contribution in [3.8, 4) is 16.9 Å². The Morgan fingerprint density at radius 2 is 1.94 bits per heavy atom. The number of hydrogen-bond acceptors (Lipinski definition) is 7. The highest BCUT2D eigenvalue weighted by molar-refractivity contribution is 8.26. The summed E-state index contributed by atoms with van der Waals surface area (Å²) in [6.07, 6.45) is 1.55. The quantitative estimate of drug-likeness (QED) is 0.334. The molecule has 0 bridgehead atoms. The van der Waals surface area contributed by atoms with E-state index < -0.39 is 5.97 Å². The van der Waals surface area contributed by atoms with E-state index >= 15 is 0 Å². The minimum atomic E-state index is -0.991. The van der Waals surface area contributed by atoms with Crippen molar-refractivity contribution in [1.82, 2.24) is 9.80 Å². The minimum Gasteiger partial charge on any atom is -0.492 e. The van der Waals surface area contributed by atoms with E-state index in [2.05, 4.69) is 4.90 Å². The zero-order valence-electron chi connectivity index (χ0n) is 19.2. The van der Waals surface area contributed by atoms with Crippen LogP contribution in [0.15, 0.2) is 41.3 Å². The standard InChI is InChI=1S/C25H24Cl2N2O5S2/c26-18-2-3-20(27)19(15-18)16-1-4-21(34-12-9-28-7-10-33-11-8-28)17(13-16)14-22-24(32)29(25(35)36-22)6-5-23(30)31/h1-4,13-15H,5-12H2,(H,30,31)/b22-14-. The van der Waals surface area contributed by atoms with Gasteiger partial charge in [0.15, 0.2) is 0 Å². The van der Waals surface area contributed by atoms with Crippen molar-refractivity contribution in [2.24, 2.45) is 0 Å². The van der Waals surface area contributed by atoms with Crippen LogP contribution in [-0.4, -0.2) is 77.1 Å². The molecular weight excluding hydrogens is 543 g/mol. The fraction of sp³-hybridized carbons (Fsp3) is 0.320. The second-order valence-electron chi connectivity index (χ2n) is 8.16. The van der Waals surface area contributed by atoms with Gasteiger partial charge in [-0.05, 0) is 42.0 Å². The Hall–Kier alpha value is -2.14. The summed E-state index contributed by atoms with van der Waals surface area (Å²) in [5.41, 5.74) is 2.26. The summed E-state index contributed by atoms with van der Waals surface area (Å²) in [7, 11) is 0. The Kier molecular flexibility index (Phi) is 9.27. The van der Waals surface area contributed by atoms with Crippen LogP contribution in [0.2, 0.25) is 10.0 Å². The maximum absolute atomic E-state index is 13.0. The van der Waals surface area contributed by atoms with Gasteiger partial charge in [-0.25, -0.2) is 0 Å². The first kappa shape index (κ1) is 26.9. The van der Waals surface area contributed by atoms with Crippen LogP contribution < -0.4 is 4.74 Å². The van der Waals surface area contributed by atoms with E-state index in [1.807, 2.05) is 18.2 Å². The lowest BCUT2D eigenvalue weighted by molar-refractivity contribution is -0.137. The molecule has 0 aliphatic carbocycles. The first-order valence-electron chi connectivity index (χ1n) is 11.3. The zero-order valence-corrected chi connectivity index (χ0v) is 22.4. The Morgan fingerprint density at radius 3 is 2.69 bits per heavy atom. The number of carbonyl (C=O) groups excluding carboxylic acids is 1. The highest BCUT2D eigenvalue weighted by Crippen LogP contribution is 2.37. The predicted molar refractivity (Wildman–Crippen MR) is 147 cm³/mol. The van der Waals surface area contributed by atoms with Gasteiger partial charge < -0.3 is 14.6 Å². The van der Waals surface area contributed by atoms with Crippen molar-refractivity contribution in [3.63, 3.8) is 0 Å². The number of aliphatic carboxylic acids is 1. The summed E-state index contributed by atoms with van der Waals surface area (Å²) in [5, 5.41) is 10.1. The lowest BCUT2D eigenvalue weighted by Gasteiger charge is -2.26. The Balaban J connectivity index is 1.62. The monoisotopic (exact) mass is 566 g/mol. The van der Waals surface area contributed by atoms with E-state index in [0.29, 0.717) is 50.4 Å². The van der Waals surface area contributed by atoms with Gasteiger partial charge in [-0.15, -0.1) is 0 Å². The average molecular weight is 568 g/mol. The minimum absolute atomic E-state index is 0.0262. The first-order valence-corrected chi connectivity index (χ1v) is 13.3. The molecule has 1 N–H and O–H groups in total. The number of nitrogens with zero attached hydrogens (tertiary/aromatic N) is 2. The maximum Gasteiger partial charge on any atom is 0.305 e. The molecule has 0 unspecified atom stereocenters. The Labute approximate surface area is 228 Å². The van der Waals surface area contributed by atoms with Crippen molar-refractivity contribution in [2.45, 2.75) is 6.42 Å². The molecule has 0 spiro atoms. The van der Waals surface area contributed by atoms with Crippen LogP contribution in [0.25, 0.3) is 17.2 Å². The SMILES string of the molecule is O=C(O)CCN1C(=O)/C(=C/c2cc(-c3cc(Cl)ccc3Cl)ccc2OCCN2CCOCC2)SC1=S. The number of thiocarbonyl (C=S) groups is 1. The molecule has 7 nitrogen and oxygen atoms in total. The molecule has 0 radical (unpaired) electrons. The van der Waals surface area contributed by atoms with E-state index in [1.165, 1.54) is 4.90 Å². The fourth-order valence-corrected chi connectivity index (χ4v) is 5.53. The van der Waals surface area contributed by atoms with Crippen molar-refractivity contribution in [2.75, 3.05) is 46.0 Å². The van der Waals surface area contributed by atoms with Crippen LogP contribution in [0.5, 0.6) is 5.75 Å². The molecule has 2 fully saturated rings. The molecule has 0 atom stereocenters. The molecule has 36 heavy (non-hydrogen) atoms. The van der Waals surface area contributed by atoms with E-state index in [9.17, 15) is 9.59 Å². The molecule has 2 aromatic carbocycles. The topological polar surface area (TPSA) is 79.3 Å². The number of carboxylic acids is 1. The van der Waals surface area contributed by atoms with Gasteiger partial charge in [0, 0.05) is 47.4 Å². The van der Waals surface area contributed by atoms with Gasteiger partial charge in [-0.2, -0.15) is 0 Å². The Bertz CT molecular complexity index is 1200. The number of rotatable bonds is 9. The molecule has 4 rings (SSSR count). The number of carbonyl (C=O) groups is 2. The normalized spacial score (nSPS) is 17.7. The van der Waals surface area contributed by atoms with Gasteiger partial charge in [-0.3, -0.25) is 19.4 Å². The zero-order chi connectivity index (χ0) is 25.7. The molecule has 0 aromatic heterocycles. The summed E-state index contributed by atoms with van der Waals surface area (Å²) in [6.45, 7) is 4.40. The van der Waals surface area contributed by atoms with E-state index in [-0.39, 0.29) is 18.9 Å². The van der Waals surface area contributed by atoms with Gasteiger partial charge in [0.2, 0.25) is 0 Å². The third kappa shape index (κ3) is 6.79.